The normalized spacial score (nSPS) is 33.6. The van der Waals surface area contributed by atoms with Crippen molar-refractivity contribution in [2.75, 3.05) is 6.61 Å². The van der Waals surface area contributed by atoms with Crippen molar-refractivity contribution in [2.45, 2.75) is 65.3 Å². The molecule has 0 radical (unpaired) electrons. The maximum atomic E-state index is 6.02. The summed E-state index contributed by atoms with van der Waals surface area (Å²) in [5.41, 5.74) is 0. The maximum absolute atomic E-state index is 6.02. The molecular weight excluding hydrogens is 176 g/mol. The summed E-state index contributed by atoms with van der Waals surface area (Å²) in [5, 5.41) is 0. The first kappa shape index (κ1) is 12.0. The Hall–Kier alpha value is -0.0800. The molecule has 14 heavy (non-hydrogen) atoms. The summed E-state index contributed by atoms with van der Waals surface area (Å²) in [6.45, 7) is 9.60. The van der Waals surface area contributed by atoms with Gasteiger partial charge in [-0.25, -0.2) is 0 Å². The summed E-state index contributed by atoms with van der Waals surface area (Å²) >= 11 is 0. The fourth-order valence-electron chi connectivity index (χ4n) is 1.98. The first-order valence-electron chi connectivity index (χ1n) is 5.94. The predicted molar refractivity (Wildman–Crippen MR) is 58.4 cm³/mol. The summed E-state index contributed by atoms with van der Waals surface area (Å²) in [6.07, 6.45) is 4.20. The van der Waals surface area contributed by atoms with Crippen LogP contribution in [-0.4, -0.2) is 24.9 Å². The van der Waals surface area contributed by atoms with Gasteiger partial charge in [-0.15, -0.1) is 0 Å². The molecule has 1 heterocycles. The van der Waals surface area contributed by atoms with E-state index in [4.69, 9.17) is 9.47 Å². The average Bonchev–Trinajstić information content (AvgIpc) is 2.16. The van der Waals surface area contributed by atoms with E-state index in [1.807, 2.05) is 0 Å². The van der Waals surface area contributed by atoms with Crippen molar-refractivity contribution in [3.63, 3.8) is 0 Å². The minimum atomic E-state index is 0.318. The Morgan fingerprint density at radius 3 is 2.36 bits per heavy atom. The number of hydrogen-bond donors (Lipinski definition) is 0. The zero-order valence-corrected chi connectivity index (χ0v) is 9.95. The summed E-state index contributed by atoms with van der Waals surface area (Å²) in [7, 11) is 0. The van der Waals surface area contributed by atoms with Gasteiger partial charge in [-0.2, -0.15) is 0 Å². The van der Waals surface area contributed by atoms with Crippen molar-refractivity contribution in [3.05, 3.63) is 0 Å². The van der Waals surface area contributed by atoms with E-state index in [9.17, 15) is 0 Å². The van der Waals surface area contributed by atoms with E-state index in [-0.39, 0.29) is 0 Å². The smallest absolute Gasteiger partial charge is 0.0843 e. The summed E-state index contributed by atoms with van der Waals surface area (Å²) in [6, 6.07) is 0. The van der Waals surface area contributed by atoms with E-state index >= 15 is 0 Å². The van der Waals surface area contributed by atoms with Crippen LogP contribution < -0.4 is 0 Å². The molecule has 0 bridgehead atoms. The standard InChI is InChI=1S/C12H24O2/c1-5-10-8-13-11(6-2)12(14-10)7-9(3)4/h9-12H,5-8H2,1-4H3. The molecular formula is C12H24O2. The van der Waals surface area contributed by atoms with E-state index in [0.29, 0.717) is 24.2 Å². The molecule has 1 saturated heterocycles. The molecule has 0 spiro atoms. The van der Waals surface area contributed by atoms with Gasteiger partial charge in [0.25, 0.3) is 0 Å². The molecule has 84 valence electrons. The van der Waals surface area contributed by atoms with Crippen molar-refractivity contribution >= 4 is 0 Å². The van der Waals surface area contributed by atoms with Crippen LogP contribution in [-0.2, 0) is 9.47 Å². The topological polar surface area (TPSA) is 18.5 Å². The Balaban J connectivity index is 2.47. The van der Waals surface area contributed by atoms with Crippen molar-refractivity contribution in [1.82, 2.24) is 0 Å². The van der Waals surface area contributed by atoms with Gasteiger partial charge in [0.15, 0.2) is 0 Å². The molecule has 3 unspecified atom stereocenters. The van der Waals surface area contributed by atoms with Crippen LogP contribution in [0.25, 0.3) is 0 Å². The van der Waals surface area contributed by atoms with Gasteiger partial charge < -0.3 is 9.47 Å². The number of rotatable bonds is 4. The van der Waals surface area contributed by atoms with E-state index in [1.165, 1.54) is 0 Å². The van der Waals surface area contributed by atoms with Crippen LogP contribution in [0.2, 0.25) is 0 Å². The highest BCUT2D eigenvalue weighted by Crippen LogP contribution is 2.24. The fraction of sp³-hybridized carbons (Fsp3) is 1.00. The lowest BCUT2D eigenvalue weighted by Gasteiger charge is -2.37. The quantitative estimate of drug-likeness (QED) is 0.694. The lowest BCUT2D eigenvalue weighted by molar-refractivity contribution is -0.185. The molecule has 1 aliphatic rings. The van der Waals surface area contributed by atoms with Crippen molar-refractivity contribution < 1.29 is 9.47 Å². The Kier molecular flexibility index (Phi) is 4.90. The first-order valence-corrected chi connectivity index (χ1v) is 5.94. The molecule has 0 aromatic heterocycles. The molecule has 0 aromatic rings. The zero-order chi connectivity index (χ0) is 10.6. The molecule has 1 aliphatic heterocycles. The summed E-state index contributed by atoms with van der Waals surface area (Å²) in [5.74, 6) is 0.688. The molecule has 1 rings (SSSR count). The lowest BCUT2D eigenvalue weighted by Crippen LogP contribution is -2.43. The van der Waals surface area contributed by atoms with E-state index < -0.39 is 0 Å². The molecule has 0 aromatic carbocycles. The Morgan fingerprint density at radius 1 is 1.14 bits per heavy atom. The largest absolute Gasteiger partial charge is 0.373 e. The molecule has 1 fully saturated rings. The number of ether oxygens (including phenoxy) is 2. The number of hydrogen-bond acceptors (Lipinski definition) is 2. The lowest BCUT2D eigenvalue weighted by atomic mass is 9.98. The van der Waals surface area contributed by atoms with Gasteiger partial charge in [0.2, 0.25) is 0 Å². The maximum Gasteiger partial charge on any atom is 0.0843 e. The molecule has 2 heteroatoms. The average molecular weight is 200 g/mol. The van der Waals surface area contributed by atoms with Crippen LogP contribution in [0.4, 0.5) is 0 Å². The van der Waals surface area contributed by atoms with Gasteiger partial charge >= 0.3 is 0 Å². The molecule has 0 N–H and O–H groups in total. The van der Waals surface area contributed by atoms with Crippen LogP contribution in [0.5, 0.6) is 0 Å². The first-order chi connectivity index (χ1) is 6.67. The third kappa shape index (κ3) is 3.25. The van der Waals surface area contributed by atoms with Gasteiger partial charge in [0.1, 0.15) is 0 Å². The summed E-state index contributed by atoms with van der Waals surface area (Å²) < 4.78 is 11.8. The minimum absolute atomic E-state index is 0.318. The molecule has 2 nitrogen and oxygen atoms in total. The molecule has 3 atom stereocenters. The van der Waals surface area contributed by atoms with Crippen LogP contribution in [0, 0.1) is 5.92 Å². The third-order valence-electron chi connectivity index (χ3n) is 2.84. The summed E-state index contributed by atoms with van der Waals surface area (Å²) in [4.78, 5) is 0. The third-order valence-corrected chi connectivity index (χ3v) is 2.84. The second-order valence-electron chi connectivity index (χ2n) is 4.61. The van der Waals surface area contributed by atoms with E-state index in [1.54, 1.807) is 0 Å². The van der Waals surface area contributed by atoms with Gasteiger partial charge in [-0.05, 0) is 25.2 Å². The highest BCUT2D eigenvalue weighted by Gasteiger charge is 2.30. The highest BCUT2D eigenvalue weighted by molar-refractivity contribution is 4.77. The van der Waals surface area contributed by atoms with E-state index in [2.05, 4.69) is 27.7 Å². The van der Waals surface area contributed by atoms with Crippen LogP contribution >= 0.6 is 0 Å². The Bertz CT molecular complexity index is 156. The predicted octanol–water partition coefficient (Wildman–Crippen LogP) is 3.01. The zero-order valence-electron chi connectivity index (χ0n) is 9.95. The Morgan fingerprint density at radius 2 is 1.86 bits per heavy atom. The van der Waals surface area contributed by atoms with Gasteiger partial charge in [-0.3, -0.25) is 0 Å². The second kappa shape index (κ2) is 5.72. The molecule has 0 amide bonds. The second-order valence-corrected chi connectivity index (χ2v) is 4.61. The van der Waals surface area contributed by atoms with Crippen LogP contribution in [0.1, 0.15) is 47.0 Å². The highest BCUT2D eigenvalue weighted by atomic mass is 16.6. The SMILES string of the molecule is CCC1COC(CC)C(CC(C)C)O1. The van der Waals surface area contributed by atoms with Crippen molar-refractivity contribution in [3.8, 4) is 0 Å². The van der Waals surface area contributed by atoms with Crippen molar-refractivity contribution in [1.29, 1.82) is 0 Å². The van der Waals surface area contributed by atoms with Gasteiger partial charge in [-0.1, -0.05) is 27.7 Å². The Labute approximate surface area is 88.0 Å². The monoisotopic (exact) mass is 200 g/mol. The molecule has 0 aliphatic carbocycles. The van der Waals surface area contributed by atoms with Crippen molar-refractivity contribution in [2.24, 2.45) is 5.92 Å². The van der Waals surface area contributed by atoms with Crippen LogP contribution in [0.15, 0.2) is 0 Å². The van der Waals surface area contributed by atoms with Gasteiger partial charge in [0.05, 0.1) is 24.9 Å². The van der Waals surface area contributed by atoms with Gasteiger partial charge in [0, 0.05) is 0 Å². The van der Waals surface area contributed by atoms with E-state index in [0.717, 1.165) is 25.9 Å². The molecule has 0 saturated carbocycles. The minimum Gasteiger partial charge on any atom is -0.373 e. The van der Waals surface area contributed by atoms with Crippen LogP contribution in [0.3, 0.4) is 0 Å². The fourth-order valence-corrected chi connectivity index (χ4v) is 1.98.